The van der Waals surface area contributed by atoms with Crippen LogP contribution in [0.15, 0.2) is 24.3 Å². The minimum absolute atomic E-state index is 0.0191. The topological polar surface area (TPSA) is 73.2 Å². The third kappa shape index (κ3) is 3.57. The zero-order valence-corrected chi connectivity index (χ0v) is 12.6. The van der Waals surface area contributed by atoms with E-state index in [0.717, 1.165) is 0 Å². The molecule has 20 heavy (non-hydrogen) atoms. The van der Waals surface area contributed by atoms with Gasteiger partial charge >= 0.3 is 0 Å². The van der Waals surface area contributed by atoms with Crippen molar-refractivity contribution in [2.75, 3.05) is 19.6 Å². The van der Waals surface area contributed by atoms with Crippen LogP contribution in [0.1, 0.15) is 25.0 Å². The lowest BCUT2D eigenvalue weighted by Gasteiger charge is -2.38. The molecule has 0 bridgehead atoms. The average Bonchev–Trinajstić information content (AvgIpc) is 2.38. The van der Waals surface area contributed by atoms with Crippen LogP contribution in [0.25, 0.3) is 0 Å². The standard InChI is InChI=1S/C14H19N3O2S/c1-14(2)11-17(8-7-16-14)20(18,19)10-13-5-3-12(9-15)4-6-13/h3-6,16H,7-8,10-11H2,1-2H3. The van der Waals surface area contributed by atoms with Crippen molar-refractivity contribution >= 4 is 10.0 Å². The van der Waals surface area contributed by atoms with E-state index < -0.39 is 10.0 Å². The second-order valence-electron chi connectivity index (χ2n) is 5.71. The first-order valence-electron chi connectivity index (χ1n) is 6.54. The van der Waals surface area contributed by atoms with Crippen molar-refractivity contribution in [3.63, 3.8) is 0 Å². The van der Waals surface area contributed by atoms with Crippen molar-refractivity contribution in [3.8, 4) is 6.07 Å². The van der Waals surface area contributed by atoms with Gasteiger partial charge in [0.2, 0.25) is 10.0 Å². The van der Waals surface area contributed by atoms with Crippen LogP contribution in [0.2, 0.25) is 0 Å². The van der Waals surface area contributed by atoms with Crippen LogP contribution < -0.4 is 5.32 Å². The molecule has 1 aromatic rings. The molecule has 108 valence electrons. The lowest BCUT2D eigenvalue weighted by atomic mass is 10.0. The first-order chi connectivity index (χ1) is 9.32. The molecule has 1 aliphatic heterocycles. The average molecular weight is 293 g/mol. The Labute approximate surface area is 120 Å². The minimum Gasteiger partial charge on any atom is -0.309 e. The minimum atomic E-state index is -3.32. The van der Waals surface area contributed by atoms with E-state index in [2.05, 4.69) is 5.32 Å². The van der Waals surface area contributed by atoms with Gasteiger partial charge in [0.25, 0.3) is 0 Å². The van der Waals surface area contributed by atoms with E-state index in [0.29, 0.717) is 30.8 Å². The van der Waals surface area contributed by atoms with Crippen LogP contribution in [0.5, 0.6) is 0 Å². The molecule has 0 aromatic heterocycles. The predicted octanol–water partition coefficient (Wildman–Crippen LogP) is 1.07. The molecule has 0 unspecified atom stereocenters. The SMILES string of the molecule is CC1(C)CN(S(=O)(=O)Cc2ccc(C#N)cc2)CCN1. The molecule has 1 N–H and O–H groups in total. The highest BCUT2D eigenvalue weighted by molar-refractivity contribution is 7.88. The van der Waals surface area contributed by atoms with Gasteiger partial charge in [0, 0.05) is 25.2 Å². The highest BCUT2D eigenvalue weighted by Crippen LogP contribution is 2.17. The third-order valence-electron chi connectivity index (χ3n) is 3.36. The van der Waals surface area contributed by atoms with Crippen LogP contribution in [0, 0.1) is 11.3 Å². The summed E-state index contributed by atoms with van der Waals surface area (Å²) in [5.41, 5.74) is 1.05. The van der Waals surface area contributed by atoms with E-state index in [1.54, 1.807) is 28.6 Å². The Morgan fingerprint density at radius 3 is 2.55 bits per heavy atom. The number of benzene rings is 1. The van der Waals surface area contributed by atoms with Crippen molar-refractivity contribution in [3.05, 3.63) is 35.4 Å². The smallest absolute Gasteiger partial charge is 0.218 e. The van der Waals surface area contributed by atoms with Crippen molar-refractivity contribution in [2.45, 2.75) is 25.1 Å². The van der Waals surface area contributed by atoms with Crippen molar-refractivity contribution in [1.82, 2.24) is 9.62 Å². The maximum Gasteiger partial charge on any atom is 0.218 e. The predicted molar refractivity (Wildman–Crippen MR) is 77.4 cm³/mol. The van der Waals surface area contributed by atoms with E-state index in [4.69, 9.17) is 5.26 Å². The number of rotatable bonds is 3. The maximum absolute atomic E-state index is 12.4. The highest BCUT2D eigenvalue weighted by Gasteiger charge is 2.32. The van der Waals surface area contributed by atoms with Gasteiger partial charge in [-0.3, -0.25) is 0 Å². The first-order valence-corrected chi connectivity index (χ1v) is 8.15. The molecule has 1 aromatic carbocycles. The van der Waals surface area contributed by atoms with Crippen LogP contribution in [0.4, 0.5) is 0 Å². The Kier molecular flexibility index (Phi) is 4.14. The Morgan fingerprint density at radius 2 is 2.00 bits per heavy atom. The van der Waals surface area contributed by atoms with Gasteiger partial charge in [0.15, 0.2) is 0 Å². The molecule has 1 saturated heterocycles. The fourth-order valence-electron chi connectivity index (χ4n) is 2.31. The van der Waals surface area contributed by atoms with Gasteiger partial charge in [-0.25, -0.2) is 8.42 Å². The summed E-state index contributed by atoms with van der Waals surface area (Å²) in [4.78, 5) is 0. The van der Waals surface area contributed by atoms with Gasteiger partial charge in [-0.05, 0) is 31.5 Å². The fourth-order valence-corrected chi connectivity index (χ4v) is 3.99. The van der Waals surface area contributed by atoms with Crippen LogP contribution in [0.3, 0.4) is 0 Å². The summed E-state index contributed by atoms with van der Waals surface area (Å²) in [5.74, 6) is -0.0191. The molecule has 0 spiro atoms. The van der Waals surface area contributed by atoms with Crippen molar-refractivity contribution in [2.24, 2.45) is 0 Å². The van der Waals surface area contributed by atoms with Gasteiger partial charge in [0.05, 0.1) is 17.4 Å². The summed E-state index contributed by atoms with van der Waals surface area (Å²) in [6.45, 7) is 5.64. The second kappa shape index (κ2) is 5.52. The van der Waals surface area contributed by atoms with Crippen molar-refractivity contribution in [1.29, 1.82) is 5.26 Å². The van der Waals surface area contributed by atoms with Gasteiger partial charge in [-0.15, -0.1) is 0 Å². The molecular weight excluding hydrogens is 274 g/mol. The number of nitrogens with zero attached hydrogens (tertiary/aromatic N) is 2. The summed E-state index contributed by atoms with van der Waals surface area (Å²) < 4.78 is 26.4. The Morgan fingerprint density at radius 1 is 1.35 bits per heavy atom. The molecule has 2 rings (SSSR count). The van der Waals surface area contributed by atoms with Crippen molar-refractivity contribution < 1.29 is 8.42 Å². The monoisotopic (exact) mass is 293 g/mol. The molecule has 0 aliphatic carbocycles. The number of sulfonamides is 1. The Balaban J connectivity index is 2.12. The summed E-state index contributed by atoms with van der Waals surface area (Å²) in [7, 11) is -3.32. The molecule has 0 atom stereocenters. The third-order valence-corrected chi connectivity index (χ3v) is 5.16. The quantitative estimate of drug-likeness (QED) is 0.905. The molecule has 0 amide bonds. The molecule has 0 saturated carbocycles. The number of hydrogen-bond acceptors (Lipinski definition) is 4. The van der Waals surface area contributed by atoms with Gasteiger partial charge in [-0.1, -0.05) is 12.1 Å². The van der Waals surface area contributed by atoms with E-state index in [1.165, 1.54) is 0 Å². The van der Waals surface area contributed by atoms with Crippen LogP contribution in [-0.4, -0.2) is 37.9 Å². The molecule has 1 fully saturated rings. The molecule has 1 aliphatic rings. The number of hydrogen-bond donors (Lipinski definition) is 1. The fraction of sp³-hybridized carbons (Fsp3) is 0.500. The van der Waals surface area contributed by atoms with Crippen LogP contribution >= 0.6 is 0 Å². The second-order valence-corrected chi connectivity index (χ2v) is 7.68. The summed E-state index contributed by atoms with van der Waals surface area (Å²) in [6, 6.07) is 8.71. The number of nitriles is 1. The highest BCUT2D eigenvalue weighted by atomic mass is 32.2. The molecule has 0 radical (unpaired) electrons. The molecule has 6 heteroatoms. The Bertz CT molecular complexity index is 615. The first kappa shape index (κ1) is 15.0. The molecule has 5 nitrogen and oxygen atoms in total. The number of piperazine rings is 1. The summed E-state index contributed by atoms with van der Waals surface area (Å²) in [6.07, 6.45) is 0. The summed E-state index contributed by atoms with van der Waals surface area (Å²) in [5, 5.41) is 12.0. The van der Waals surface area contributed by atoms with Gasteiger partial charge in [0.1, 0.15) is 0 Å². The van der Waals surface area contributed by atoms with Gasteiger partial charge in [-0.2, -0.15) is 9.57 Å². The molecular formula is C14H19N3O2S. The normalized spacial score (nSPS) is 19.4. The molecule has 1 heterocycles. The van der Waals surface area contributed by atoms with Gasteiger partial charge < -0.3 is 5.32 Å². The lowest BCUT2D eigenvalue weighted by molar-refractivity contribution is 0.233. The van der Waals surface area contributed by atoms with E-state index >= 15 is 0 Å². The van der Waals surface area contributed by atoms with E-state index in [9.17, 15) is 8.42 Å². The Hall–Kier alpha value is -1.42. The lowest BCUT2D eigenvalue weighted by Crippen LogP contribution is -2.58. The number of nitrogens with one attached hydrogen (secondary N) is 1. The zero-order chi connectivity index (χ0) is 14.8. The summed E-state index contributed by atoms with van der Waals surface area (Å²) >= 11 is 0. The largest absolute Gasteiger partial charge is 0.309 e. The van der Waals surface area contributed by atoms with E-state index in [-0.39, 0.29) is 11.3 Å². The maximum atomic E-state index is 12.4. The zero-order valence-electron chi connectivity index (χ0n) is 11.8. The van der Waals surface area contributed by atoms with Crippen LogP contribution in [-0.2, 0) is 15.8 Å². The van der Waals surface area contributed by atoms with E-state index in [1.807, 2.05) is 19.9 Å².